The summed E-state index contributed by atoms with van der Waals surface area (Å²) in [4.78, 5) is 32.1. The van der Waals surface area contributed by atoms with Crippen LogP contribution in [-0.2, 0) is 6.54 Å². The first-order valence-electron chi connectivity index (χ1n) is 6.25. The Labute approximate surface area is 121 Å². The van der Waals surface area contributed by atoms with Crippen LogP contribution in [0.1, 0.15) is 21.7 Å². The van der Waals surface area contributed by atoms with Gasteiger partial charge in [-0.15, -0.1) is 0 Å². The number of carbonyl (C=O) groups excluding carboxylic acids is 1. The van der Waals surface area contributed by atoms with E-state index in [2.05, 4.69) is 9.97 Å². The predicted molar refractivity (Wildman–Crippen MR) is 75.7 cm³/mol. The van der Waals surface area contributed by atoms with E-state index in [1.165, 1.54) is 23.4 Å². The Morgan fingerprint density at radius 1 is 1.29 bits per heavy atom. The number of amides is 1. The van der Waals surface area contributed by atoms with Gasteiger partial charge in [0.1, 0.15) is 5.69 Å². The van der Waals surface area contributed by atoms with E-state index in [-0.39, 0.29) is 23.8 Å². The molecule has 0 spiro atoms. The van der Waals surface area contributed by atoms with Crippen molar-refractivity contribution in [1.82, 2.24) is 14.9 Å². The molecule has 0 fully saturated rings. The van der Waals surface area contributed by atoms with Gasteiger partial charge in [-0.1, -0.05) is 18.2 Å². The Morgan fingerprint density at radius 3 is 2.62 bits per heavy atom. The second kappa shape index (κ2) is 6.08. The molecule has 7 heteroatoms. The molecule has 1 aromatic heterocycles. The zero-order valence-electron chi connectivity index (χ0n) is 11.7. The summed E-state index contributed by atoms with van der Waals surface area (Å²) in [5, 5.41) is 11.0. The number of benzene rings is 1. The number of hydrogen-bond acceptors (Lipinski definition) is 5. The second-order valence-corrected chi connectivity index (χ2v) is 4.59. The number of aromatic nitrogens is 2. The molecular formula is C14H14N4O3. The number of hydrogen-bond donors (Lipinski definition) is 0. The molecule has 1 amide bonds. The van der Waals surface area contributed by atoms with Crippen molar-refractivity contribution in [3.05, 3.63) is 63.7 Å². The van der Waals surface area contributed by atoms with Crippen molar-refractivity contribution in [2.75, 3.05) is 7.05 Å². The predicted octanol–water partition coefficient (Wildman–Crippen LogP) is 1.97. The molecule has 21 heavy (non-hydrogen) atoms. The molecular weight excluding hydrogens is 272 g/mol. The Morgan fingerprint density at radius 2 is 2.00 bits per heavy atom. The number of nitro benzene ring substituents is 1. The van der Waals surface area contributed by atoms with Crippen molar-refractivity contribution in [3.8, 4) is 0 Å². The highest BCUT2D eigenvalue weighted by Crippen LogP contribution is 2.19. The van der Waals surface area contributed by atoms with Crippen LogP contribution in [0.2, 0.25) is 0 Å². The lowest BCUT2D eigenvalue weighted by Crippen LogP contribution is -2.27. The topological polar surface area (TPSA) is 89.2 Å². The highest BCUT2D eigenvalue weighted by Gasteiger charge is 2.18. The smallest absolute Gasteiger partial charge is 0.274 e. The van der Waals surface area contributed by atoms with Gasteiger partial charge in [0.2, 0.25) is 0 Å². The van der Waals surface area contributed by atoms with Crippen LogP contribution in [0, 0.1) is 17.0 Å². The molecule has 0 aliphatic carbocycles. The average molecular weight is 286 g/mol. The molecule has 2 rings (SSSR count). The lowest BCUT2D eigenvalue weighted by atomic mass is 10.1. The molecule has 2 aromatic rings. The third kappa shape index (κ3) is 3.38. The maximum absolute atomic E-state index is 12.2. The van der Waals surface area contributed by atoms with Gasteiger partial charge in [-0.2, -0.15) is 0 Å². The Bertz CT molecular complexity index is 670. The van der Waals surface area contributed by atoms with Gasteiger partial charge >= 0.3 is 0 Å². The first-order chi connectivity index (χ1) is 9.99. The van der Waals surface area contributed by atoms with E-state index in [9.17, 15) is 14.9 Å². The summed E-state index contributed by atoms with van der Waals surface area (Å²) in [7, 11) is 1.57. The number of nitrogens with zero attached hydrogens (tertiary/aromatic N) is 4. The third-order valence-corrected chi connectivity index (χ3v) is 2.94. The van der Waals surface area contributed by atoms with E-state index in [1.54, 1.807) is 32.2 Å². The van der Waals surface area contributed by atoms with Crippen LogP contribution < -0.4 is 0 Å². The van der Waals surface area contributed by atoms with Crippen molar-refractivity contribution in [2.45, 2.75) is 13.5 Å². The SMILES string of the molecule is Cc1cnc(C(=O)N(C)Cc2ccccc2[N+](=O)[O-])cn1. The molecule has 0 atom stereocenters. The van der Waals surface area contributed by atoms with E-state index in [1.807, 2.05) is 0 Å². The monoisotopic (exact) mass is 286 g/mol. The molecule has 0 saturated carbocycles. The van der Waals surface area contributed by atoms with Gasteiger partial charge in [-0.25, -0.2) is 4.98 Å². The summed E-state index contributed by atoms with van der Waals surface area (Å²) >= 11 is 0. The number of para-hydroxylation sites is 1. The maximum Gasteiger partial charge on any atom is 0.274 e. The number of rotatable bonds is 4. The highest BCUT2D eigenvalue weighted by molar-refractivity contribution is 5.91. The summed E-state index contributed by atoms with van der Waals surface area (Å²) in [6.45, 7) is 1.91. The summed E-state index contributed by atoms with van der Waals surface area (Å²) in [5.41, 5.74) is 1.39. The summed E-state index contributed by atoms with van der Waals surface area (Å²) in [5.74, 6) is -0.333. The van der Waals surface area contributed by atoms with Crippen molar-refractivity contribution >= 4 is 11.6 Å². The molecule has 0 radical (unpaired) electrons. The third-order valence-electron chi connectivity index (χ3n) is 2.94. The van der Waals surface area contributed by atoms with Crippen LogP contribution in [-0.4, -0.2) is 32.7 Å². The van der Waals surface area contributed by atoms with Gasteiger partial charge in [0, 0.05) is 24.9 Å². The molecule has 0 bridgehead atoms. The zero-order valence-corrected chi connectivity index (χ0v) is 11.7. The van der Waals surface area contributed by atoms with Gasteiger partial charge in [-0.05, 0) is 6.92 Å². The molecule has 0 aliphatic heterocycles. The lowest BCUT2D eigenvalue weighted by Gasteiger charge is -2.16. The number of nitro groups is 1. The maximum atomic E-state index is 12.2. The largest absolute Gasteiger partial charge is 0.336 e. The van der Waals surface area contributed by atoms with E-state index >= 15 is 0 Å². The minimum absolute atomic E-state index is 0.00728. The minimum atomic E-state index is -0.459. The molecule has 0 aliphatic rings. The Kier molecular flexibility index (Phi) is 4.22. The lowest BCUT2D eigenvalue weighted by molar-refractivity contribution is -0.385. The number of carbonyl (C=O) groups is 1. The van der Waals surface area contributed by atoms with Crippen LogP contribution in [0.15, 0.2) is 36.7 Å². The molecule has 1 heterocycles. The summed E-state index contributed by atoms with van der Waals surface area (Å²) < 4.78 is 0. The van der Waals surface area contributed by atoms with Gasteiger partial charge in [-0.3, -0.25) is 19.9 Å². The summed E-state index contributed by atoms with van der Waals surface area (Å²) in [6, 6.07) is 6.34. The molecule has 7 nitrogen and oxygen atoms in total. The van der Waals surface area contributed by atoms with Crippen LogP contribution in [0.25, 0.3) is 0 Å². The van der Waals surface area contributed by atoms with Crippen LogP contribution in [0.5, 0.6) is 0 Å². The fourth-order valence-corrected chi connectivity index (χ4v) is 1.85. The molecule has 0 unspecified atom stereocenters. The van der Waals surface area contributed by atoms with Gasteiger partial charge in [0.15, 0.2) is 0 Å². The minimum Gasteiger partial charge on any atom is -0.336 e. The van der Waals surface area contributed by atoms with Crippen molar-refractivity contribution in [2.24, 2.45) is 0 Å². The van der Waals surface area contributed by atoms with Crippen LogP contribution >= 0.6 is 0 Å². The highest BCUT2D eigenvalue weighted by atomic mass is 16.6. The Balaban J connectivity index is 2.18. The number of aryl methyl sites for hydroxylation is 1. The first-order valence-corrected chi connectivity index (χ1v) is 6.25. The van der Waals surface area contributed by atoms with Crippen molar-refractivity contribution in [1.29, 1.82) is 0 Å². The summed E-state index contributed by atoms with van der Waals surface area (Å²) in [6.07, 6.45) is 2.90. The first kappa shape index (κ1) is 14.6. The van der Waals surface area contributed by atoms with E-state index in [0.717, 1.165) is 0 Å². The van der Waals surface area contributed by atoms with E-state index < -0.39 is 4.92 Å². The molecule has 0 N–H and O–H groups in total. The zero-order chi connectivity index (χ0) is 15.4. The Hall–Kier alpha value is -2.83. The standard InChI is InChI=1S/C14H14N4O3/c1-10-7-16-12(8-15-10)14(19)17(2)9-11-5-3-4-6-13(11)18(20)21/h3-8H,9H2,1-2H3. The molecule has 108 valence electrons. The van der Waals surface area contributed by atoms with Crippen LogP contribution in [0.3, 0.4) is 0 Å². The van der Waals surface area contributed by atoms with E-state index in [4.69, 9.17) is 0 Å². The van der Waals surface area contributed by atoms with Gasteiger partial charge in [0.25, 0.3) is 11.6 Å². The fraction of sp³-hybridized carbons (Fsp3) is 0.214. The van der Waals surface area contributed by atoms with Gasteiger partial charge < -0.3 is 4.90 Å². The van der Waals surface area contributed by atoms with Crippen molar-refractivity contribution in [3.63, 3.8) is 0 Å². The van der Waals surface area contributed by atoms with Gasteiger partial charge in [0.05, 0.1) is 23.4 Å². The van der Waals surface area contributed by atoms with Crippen LogP contribution in [0.4, 0.5) is 5.69 Å². The fourth-order valence-electron chi connectivity index (χ4n) is 1.85. The normalized spacial score (nSPS) is 10.2. The second-order valence-electron chi connectivity index (χ2n) is 4.59. The molecule has 0 saturated heterocycles. The quantitative estimate of drug-likeness (QED) is 0.633. The van der Waals surface area contributed by atoms with E-state index in [0.29, 0.717) is 11.3 Å². The average Bonchev–Trinajstić information content (AvgIpc) is 2.47. The molecule has 1 aromatic carbocycles. The van der Waals surface area contributed by atoms with Crippen molar-refractivity contribution < 1.29 is 9.72 Å².